The van der Waals surface area contributed by atoms with Crippen LogP contribution in [0, 0.1) is 5.92 Å². The molecule has 0 bridgehead atoms. The number of nitrogens with one attached hydrogen (secondary N) is 1. The van der Waals surface area contributed by atoms with Crippen LogP contribution in [0.15, 0.2) is 24.4 Å². The van der Waals surface area contributed by atoms with Gasteiger partial charge in [0.05, 0.1) is 0 Å². The molecular weight excluding hydrogens is 196 g/mol. The Morgan fingerprint density at radius 2 is 2.12 bits per heavy atom. The fourth-order valence-electron chi connectivity index (χ4n) is 2.04. The summed E-state index contributed by atoms with van der Waals surface area (Å²) < 4.78 is 0. The molecule has 0 saturated heterocycles. The second-order valence-corrected chi connectivity index (χ2v) is 4.72. The van der Waals surface area contributed by atoms with E-state index in [0.717, 1.165) is 13.0 Å². The van der Waals surface area contributed by atoms with Crippen molar-refractivity contribution in [2.24, 2.45) is 5.92 Å². The molecule has 0 saturated carbocycles. The summed E-state index contributed by atoms with van der Waals surface area (Å²) in [5.74, 6) is 0.689. The van der Waals surface area contributed by atoms with Crippen molar-refractivity contribution >= 4 is 0 Å². The van der Waals surface area contributed by atoms with E-state index >= 15 is 0 Å². The third-order valence-corrected chi connectivity index (χ3v) is 2.78. The highest BCUT2D eigenvalue weighted by Gasteiger charge is 2.09. The third kappa shape index (κ3) is 5.26. The molecule has 0 spiro atoms. The van der Waals surface area contributed by atoms with Gasteiger partial charge in [0.1, 0.15) is 0 Å². The SMILES string of the molecule is CCCNC(C)CC(C)Cc1ccccn1. The summed E-state index contributed by atoms with van der Waals surface area (Å²) in [6.45, 7) is 7.90. The summed E-state index contributed by atoms with van der Waals surface area (Å²) in [6.07, 6.45) is 5.38. The van der Waals surface area contributed by atoms with E-state index in [1.807, 2.05) is 12.3 Å². The zero-order valence-electron chi connectivity index (χ0n) is 10.7. The van der Waals surface area contributed by atoms with E-state index in [4.69, 9.17) is 0 Å². The molecule has 2 heteroatoms. The van der Waals surface area contributed by atoms with E-state index in [9.17, 15) is 0 Å². The van der Waals surface area contributed by atoms with Crippen molar-refractivity contribution < 1.29 is 0 Å². The van der Waals surface area contributed by atoms with Gasteiger partial charge in [0, 0.05) is 17.9 Å². The first kappa shape index (κ1) is 13.2. The molecule has 16 heavy (non-hydrogen) atoms. The van der Waals surface area contributed by atoms with Crippen LogP contribution in [0.3, 0.4) is 0 Å². The molecule has 0 aliphatic heterocycles. The molecule has 0 aliphatic carbocycles. The van der Waals surface area contributed by atoms with Crippen LogP contribution >= 0.6 is 0 Å². The molecule has 1 heterocycles. The van der Waals surface area contributed by atoms with Crippen LogP contribution in [0.2, 0.25) is 0 Å². The Labute approximate surface area is 99.5 Å². The van der Waals surface area contributed by atoms with Gasteiger partial charge in [-0.3, -0.25) is 4.98 Å². The van der Waals surface area contributed by atoms with E-state index in [1.165, 1.54) is 18.5 Å². The quantitative estimate of drug-likeness (QED) is 0.764. The molecular formula is C14H24N2. The second kappa shape index (κ2) is 7.39. The summed E-state index contributed by atoms with van der Waals surface area (Å²) >= 11 is 0. The maximum Gasteiger partial charge on any atom is 0.0406 e. The van der Waals surface area contributed by atoms with Crippen molar-refractivity contribution in [3.63, 3.8) is 0 Å². The Hall–Kier alpha value is -0.890. The van der Waals surface area contributed by atoms with Crippen LogP contribution in [-0.4, -0.2) is 17.6 Å². The fourth-order valence-corrected chi connectivity index (χ4v) is 2.04. The molecule has 0 aromatic carbocycles. The Balaban J connectivity index is 2.27. The van der Waals surface area contributed by atoms with Crippen molar-refractivity contribution in [1.82, 2.24) is 10.3 Å². The number of hydrogen-bond acceptors (Lipinski definition) is 2. The number of nitrogens with zero attached hydrogens (tertiary/aromatic N) is 1. The van der Waals surface area contributed by atoms with E-state index < -0.39 is 0 Å². The number of hydrogen-bond donors (Lipinski definition) is 1. The van der Waals surface area contributed by atoms with Gasteiger partial charge in [-0.2, -0.15) is 0 Å². The maximum absolute atomic E-state index is 4.37. The predicted molar refractivity (Wildman–Crippen MR) is 69.5 cm³/mol. The number of aromatic nitrogens is 1. The lowest BCUT2D eigenvalue weighted by molar-refractivity contribution is 0.417. The minimum Gasteiger partial charge on any atom is -0.314 e. The molecule has 0 fully saturated rings. The van der Waals surface area contributed by atoms with Gasteiger partial charge >= 0.3 is 0 Å². The first-order chi connectivity index (χ1) is 7.72. The van der Waals surface area contributed by atoms with Crippen molar-refractivity contribution in [1.29, 1.82) is 0 Å². The highest BCUT2D eigenvalue weighted by molar-refractivity contribution is 5.04. The van der Waals surface area contributed by atoms with Crippen LogP contribution in [0.5, 0.6) is 0 Å². The molecule has 90 valence electrons. The average molecular weight is 220 g/mol. The lowest BCUT2D eigenvalue weighted by Gasteiger charge is -2.18. The molecule has 0 aliphatic rings. The normalized spacial score (nSPS) is 14.7. The highest BCUT2D eigenvalue weighted by atomic mass is 14.9. The minimum atomic E-state index is 0.610. The Bertz CT molecular complexity index is 271. The van der Waals surface area contributed by atoms with Gasteiger partial charge in [-0.25, -0.2) is 0 Å². The van der Waals surface area contributed by atoms with Gasteiger partial charge in [-0.05, 0) is 50.8 Å². The molecule has 1 N–H and O–H groups in total. The molecule has 1 aromatic rings. The average Bonchev–Trinajstić information content (AvgIpc) is 2.27. The van der Waals surface area contributed by atoms with Crippen molar-refractivity contribution in [3.8, 4) is 0 Å². The highest BCUT2D eigenvalue weighted by Crippen LogP contribution is 2.11. The van der Waals surface area contributed by atoms with Crippen LogP contribution in [-0.2, 0) is 6.42 Å². The van der Waals surface area contributed by atoms with Gasteiger partial charge in [0.15, 0.2) is 0 Å². The summed E-state index contributed by atoms with van der Waals surface area (Å²) in [5, 5.41) is 3.53. The van der Waals surface area contributed by atoms with E-state index in [1.54, 1.807) is 0 Å². The van der Waals surface area contributed by atoms with Crippen LogP contribution in [0.4, 0.5) is 0 Å². The molecule has 2 nitrogen and oxygen atoms in total. The summed E-state index contributed by atoms with van der Waals surface area (Å²) in [4.78, 5) is 4.37. The van der Waals surface area contributed by atoms with Crippen molar-refractivity contribution in [2.45, 2.75) is 46.1 Å². The van der Waals surface area contributed by atoms with Crippen molar-refractivity contribution in [3.05, 3.63) is 30.1 Å². The van der Waals surface area contributed by atoms with Crippen LogP contribution < -0.4 is 5.32 Å². The van der Waals surface area contributed by atoms with E-state index in [0.29, 0.717) is 12.0 Å². The Morgan fingerprint density at radius 3 is 2.75 bits per heavy atom. The minimum absolute atomic E-state index is 0.610. The molecule has 2 unspecified atom stereocenters. The topological polar surface area (TPSA) is 24.9 Å². The van der Waals surface area contributed by atoms with Gasteiger partial charge in [-0.1, -0.05) is 19.9 Å². The third-order valence-electron chi connectivity index (χ3n) is 2.78. The lowest BCUT2D eigenvalue weighted by Crippen LogP contribution is -2.28. The Kier molecular flexibility index (Phi) is 6.09. The van der Waals surface area contributed by atoms with E-state index in [2.05, 4.69) is 43.2 Å². The van der Waals surface area contributed by atoms with Crippen LogP contribution in [0.25, 0.3) is 0 Å². The molecule has 1 aromatic heterocycles. The maximum atomic E-state index is 4.37. The number of pyridine rings is 1. The molecule has 0 amide bonds. The monoisotopic (exact) mass is 220 g/mol. The van der Waals surface area contributed by atoms with Gasteiger partial charge in [0.25, 0.3) is 0 Å². The molecule has 2 atom stereocenters. The van der Waals surface area contributed by atoms with E-state index in [-0.39, 0.29) is 0 Å². The predicted octanol–water partition coefficient (Wildman–Crippen LogP) is 3.04. The number of rotatable bonds is 7. The second-order valence-electron chi connectivity index (χ2n) is 4.72. The van der Waals surface area contributed by atoms with Crippen LogP contribution in [0.1, 0.15) is 39.3 Å². The van der Waals surface area contributed by atoms with Gasteiger partial charge in [0.2, 0.25) is 0 Å². The standard InChI is InChI=1S/C14H24N2/c1-4-8-15-13(3)10-12(2)11-14-7-5-6-9-16-14/h5-7,9,12-13,15H,4,8,10-11H2,1-3H3. The molecule has 1 rings (SSSR count). The van der Waals surface area contributed by atoms with Gasteiger partial charge in [-0.15, -0.1) is 0 Å². The molecule has 0 radical (unpaired) electrons. The zero-order valence-corrected chi connectivity index (χ0v) is 10.7. The smallest absolute Gasteiger partial charge is 0.0406 e. The largest absolute Gasteiger partial charge is 0.314 e. The van der Waals surface area contributed by atoms with Gasteiger partial charge < -0.3 is 5.32 Å². The lowest BCUT2D eigenvalue weighted by atomic mass is 9.97. The first-order valence-electron chi connectivity index (χ1n) is 6.35. The fraction of sp³-hybridized carbons (Fsp3) is 0.643. The Morgan fingerprint density at radius 1 is 1.31 bits per heavy atom. The first-order valence-corrected chi connectivity index (χ1v) is 6.35. The summed E-state index contributed by atoms with van der Waals surface area (Å²) in [7, 11) is 0. The summed E-state index contributed by atoms with van der Waals surface area (Å²) in [6, 6.07) is 6.76. The van der Waals surface area contributed by atoms with Crippen molar-refractivity contribution in [2.75, 3.05) is 6.54 Å². The summed E-state index contributed by atoms with van der Waals surface area (Å²) in [5.41, 5.74) is 1.21. The zero-order chi connectivity index (χ0) is 11.8.